The molecule has 3 aliphatic heterocycles. The number of nitrogens with one attached hydrogen (secondary N) is 5. The second kappa shape index (κ2) is 11.4. The van der Waals surface area contributed by atoms with Crippen molar-refractivity contribution in [3.8, 4) is 0 Å². The van der Waals surface area contributed by atoms with E-state index in [4.69, 9.17) is 9.47 Å². The van der Waals surface area contributed by atoms with Crippen LogP contribution in [0.4, 0.5) is 0 Å². The summed E-state index contributed by atoms with van der Waals surface area (Å²) in [5.74, 6) is 1.27. The van der Waals surface area contributed by atoms with E-state index in [0.717, 1.165) is 45.7 Å². The van der Waals surface area contributed by atoms with Crippen LogP contribution in [-0.4, -0.2) is 70.6 Å². The molecule has 0 amide bonds. The molecule has 4 rings (SSSR count). The summed E-state index contributed by atoms with van der Waals surface area (Å²) in [5, 5.41) is 18.6. The fraction of sp³-hybridized carbons (Fsp3) is 0.913. The Labute approximate surface area is 182 Å². The highest BCUT2D eigenvalue weighted by molar-refractivity contribution is 5.15. The third-order valence-electron chi connectivity index (χ3n) is 7.32. The molecule has 0 aromatic carbocycles. The van der Waals surface area contributed by atoms with E-state index >= 15 is 0 Å². The second-order valence-electron chi connectivity index (χ2n) is 9.67. The Kier molecular flexibility index (Phi) is 8.58. The molecule has 1 aliphatic carbocycles. The van der Waals surface area contributed by atoms with Crippen molar-refractivity contribution >= 4 is 0 Å². The second-order valence-corrected chi connectivity index (χ2v) is 9.67. The molecule has 0 aromatic heterocycles. The largest absolute Gasteiger partial charge is 0.385 e. The zero-order valence-electron chi connectivity index (χ0n) is 18.9. The number of ether oxygens (including phenoxy) is 2. The van der Waals surface area contributed by atoms with Gasteiger partial charge in [0.25, 0.3) is 0 Å². The fourth-order valence-electron chi connectivity index (χ4n) is 5.91. The summed E-state index contributed by atoms with van der Waals surface area (Å²) in [6.07, 6.45) is 11.6. The molecular weight excluding hydrogens is 378 g/mol. The maximum absolute atomic E-state index is 6.26. The third kappa shape index (κ3) is 6.03. The molecule has 7 unspecified atom stereocenters. The maximum Gasteiger partial charge on any atom is 0.113 e. The molecule has 4 aliphatic rings. The van der Waals surface area contributed by atoms with Gasteiger partial charge in [-0.2, -0.15) is 0 Å². The lowest BCUT2D eigenvalue weighted by atomic mass is 9.72. The Morgan fingerprint density at radius 2 is 2.17 bits per heavy atom. The lowest BCUT2D eigenvalue weighted by Gasteiger charge is -2.43. The van der Waals surface area contributed by atoms with Gasteiger partial charge in [-0.25, -0.2) is 0 Å². The van der Waals surface area contributed by atoms with Gasteiger partial charge in [-0.05, 0) is 70.9 Å². The van der Waals surface area contributed by atoms with Crippen LogP contribution in [0.15, 0.2) is 11.6 Å². The van der Waals surface area contributed by atoms with Gasteiger partial charge in [0.05, 0.1) is 12.3 Å². The van der Waals surface area contributed by atoms with Crippen LogP contribution in [0.25, 0.3) is 0 Å². The molecule has 7 nitrogen and oxygen atoms in total. The highest BCUT2D eigenvalue weighted by atomic mass is 16.5. The van der Waals surface area contributed by atoms with Gasteiger partial charge in [0, 0.05) is 44.9 Å². The molecule has 0 radical (unpaired) electrons. The summed E-state index contributed by atoms with van der Waals surface area (Å²) in [7, 11) is 1.77. The number of hydrogen-bond acceptors (Lipinski definition) is 7. The molecule has 0 aromatic rings. The van der Waals surface area contributed by atoms with Crippen LogP contribution in [0, 0.1) is 11.8 Å². The van der Waals surface area contributed by atoms with Crippen molar-refractivity contribution in [3.05, 3.63) is 11.6 Å². The highest BCUT2D eigenvalue weighted by Gasteiger charge is 2.43. The quantitative estimate of drug-likeness (QED) is 0.298. The van der Waals surface area contributed by atoms with E-state index in [1.807, 2.05) is 0 Å². The van der Waals surface area contributed by atoms with Gasteiger partial charge >= 0.3 is 0 Å². The molecule has 0 bridgehead atoms. The number of fused-ring (bicyclic) bond motifs is 1. The van der Waals surface area contributed by atoms with E-state index in [9.17, 15) is 0 Å². The molecule has 7 atom stereocenters. The predicted octanol–water partition coefficient (Wildman–Crippen LogP) is 1.28. The van der Waals surface area contributed by atoms with Gasteiger partial charge in [0.1, 0.15) is 6.29 Å². The average molecular weight is 422 g/mol. The van der Waals surface area contributed by atoms with Gasteiger partial charge in [-0.15, -0.1) is 0 Å². The monoisotopic (exact) mass is 421 g/mol. The van der Waals surface area contributed by atoms with Crippen molar-refractivity contribution in [2.24, 2.45) is 11.8 Å². The van der Waals surface area contributed by atoms with Crippen molar-refractivity contribution in [2.75, 3.05) is 40.0 Å². The molecule has 5 N–H and O–H groups in total. The third-order valence-corrected chi connectivity index (χ3v) is 7.32. The summed E-state index contributed by atoms with van der Waals surface area (Å²) in [4.78, 5) is 0. The molecule has 30 heavy (non-hydrogen) atoms. The fourth-order valence-corrected chi connectivity index (χ4v) is 5.91. The van der Waals surface area contributed by atoms with Crippen molar-refractivity contribution in [1.29, 1.82) is 0 Å². The Morgan fingerprint density at radius 1 is 1.23 bits per heavy atom. The van der Waals surface area contributed by atoms with Gasteiger partial charge < -0.3 is 20.1 Å². The molecule has 0 spiro atoms. The Hall–Kier alpha value is -0.540. The summed E-state index contributed by atoms with van der Waals surface area (Å²) in [6, 6.07) is 1.01. The minimum atomic E-state index is 0.156. The van der Waals surface area contributed by atoms with Crippen LogP contribution >= 0.6 is 0 Å². The van der Waals surface area contributed by atoms with E-state index in [1.165, 1.54) is 32.1 Å². The Bertz CT molecular complexity index is 560. The van der Waals surface area contributed by atoms with Crippen LogP contribution in [0.5, 0.6) is 0 Å². The first-order valence-electron chi connectivity index (χ1n) is 12.2. The molecule has 172 valence electrons. The smallest absolute Gasteiger partial charge is 0.113 e. The lowest BCUT2D eigenvalue weighted by Crippen LogP contribution is -2.68. The Morgan fingerprint density at radius 3 is 3.07 bits per heavy atom. The maximum atomic E-state index is 6.26. The summed E-state index contributed by atoms with van der Waals surface area (Å²) < 4.78 is 11.4. The first kappa shape index (κ1) is 22.6. The zero-order valence-corrected chi connectivity index (χ0v) is 18.9. The molecule has 3 heterocycles. The predicted molar refractivity (Wildman–Crippen MR) is 120 cm³/mol. The van der Waals surface area contributed by atoms with Gasteiger partial charge in [-0.1, -0.05) is 11.6 Å². The van der Waals surface area contributed by atoms with Crippen molar-refractivity contribution < 1.29 is 9.47 Å². The van der Waals surface area contributed by atoms with Gasteiger partial charge in [-0.3, -0.25) is 16.0 Å². The van der Waals surface area contributed by atoms with E-state index in [0.29, 0.717) is 36.2 Å². The molecule has 2 saturated heterocycles. The average Bonchev–Trinajstić information content (AvgIpc) is 3.03. The molecular formula is C23H43N5O2. The Balaban J connectivity index is 1.34. The molecule has 3 fully saturated rings. The first-order chi connectivity index (χ1) is 14.7. The SMILES string of the molecule is COCCCNC1CC(C)NC(NC2CC3CCOC3C(C3=CCNCCC3)C2)N1. The normalized spacial score (nSPS) is 39.9. The summed E-state index contributed by atoms with van der Waals surface area (Å²) in [5.41, 5.74) is 1.64. The minimum Gasteiger partial charge on any atom is -0.385 e. The topological polar surface area (TPSA) is 78.6 Å². The van der Waals surface area contributed by atoms with Crippen molar-refractivity contribution in [2.45, 2.75) is 82.5 Å². The summed E-state index contributed by atoms with van der Waals surface area (Å²) >= 11 is 0. The standard InChI is InChI=1S/C23H43N5O2/c1-16-13-21(25-9-4-11-29-2)28-23(26-16)27-19-14-18-7-12-30-22(18)20(15-19)17-5-3-8-24-10-6-17/h6,16,18-28H,3-5,7-15H2,1-2H3. The summed E-state index contributed by atoms with van der Waals surface area (Å²) in [6.45, 7) is 7.17. The van der Waals surface area contributed by atoms with Gasteiger partial charge in [0.15, 0.2) is 0 Å². The van der Waals surface area contributed by atoms with Crippen molar-refractivity contribution in [1.82, 2.24) is 26.6 Å². The molecule has 1 saturated carbocycles. The van der Waals surface area contributed by atoms with E-state index in [2.05, 4.69) is 39.6 Å². The van der Waals surface area contributed by atoms with Crippen LogP contribution in [0.3, 0.4) is 0 Å². The van der Waals surface area contributed by atoms with E-state index < -0.39 is 0 Å². The zero-order chi connectivity index (χ0) is 20.8. The first-order valence-corrected chi connectivity index (χ1v) is 12.2. The van der Waals surface area contributed by atoms with Crippen LogP contribution < -0.4 is 26.6 Å². The number of hydrogen-bond donors (Lipinski definition) is 5. The van der Waals surface area contributed by atoms with Crippen LogP contribution in [-0.2, 0) is 9.47 Å². The number of rotatable bonds is 8. The highest BCUT2D eigenvalue weighted by Crippen LogP contribution is 2.42. The molecule has 7 heteroatoms. The van der Waals surface area contributed by atoms with E-state index in [-0.39, 0.29) is 6.29 Å². The minimum absolute atomic E-state index is 0.156. The van der Waals surface area contributed by atoms with E-state index in [1.54, 1.807) is 12.7 Å². The van der Waals surface area contributed by atoms with Crippen LogP contribution in [0.1, 0.15) is 51.9 Å². The lowest BCUT2D eigenvalue weighted by molar-refractivity contribution is 0.0176. The van der Waals surface area contributed by atoms with Crippen LogP contribution in [0.2, 0.25) is 0 Å². The van der Waals surface area contributed by atoms with Gasteiger partial charge in [0.2, 0.25) is 0 Å². The van der Waals surface area contributed by atoms with Crippen molar-refractivity contribution in [3.63, 3.8) is 0 Å². The number of methoxy groups -OCH3 is 1.